The van der Waals surface area contributed by atoms with E-state index in [2.05, 4.69) is 10.6 Å². The van der Waals surface area contributed by atoms with Crippen LogP contribution < -0.4 is 15.4 Å². The van der Waals surface area contributed by atoms with Crippen LogP contribution in [-0.2, 0) is 16.3 Å². The Bertz CT molecular complexity index is 1990. The second kappa shape index (κ2) is 16.6. The molecule has 5 rings (SSSR count). The maximum atomic E-state index is 14.3. The second-order valence-corrected chi connectivity index (χ2v) is 12.3. The molecule has 2 amide bonds. The fourth-order valence-electron chi connectivity index (χ4n) is 4.96. The Labute approximate surface area is 300 Å². The molecular weight excluding hydrogens is 716 g/mol. The van der Waals surface area contributed by atoms with Gasteiger partial charge in [-0.05, 0) is 92.9 Å². The number of hydrogen-bond donors (Lipinski definition) is 2. The molecule has 0 saturated heterocycles. The highest BCUT2D eigenvalue weighted by atomic mass is 35.5. The van der Waals surface area contributed by atoms with Crippen molar-refractivity contribution < 1.29 is 46.5 Å². The van der Waals surface area contributed by atoms with Crippen LogP contribution in [0, 0.1) is 12.7 Å². The lowest BCUT2D eigenvalue weighted by Crippen LogP contribution is -2.21. The summed E-state index contributed by atoms with van der Waals surface area (Å²) in [5, 5.41) is 5.32. The smallest absolute Gasteiger partial charge is 0.461 e. The zero-order valence-corrected chi connectivity index (χ0v) is 28.8. The number of thioether (sulfide) groups is 1. The van der Waals surface area contributed by atoms with Gasteiger partial charge in [0.2, 0.25) is 0 Å². The molecule has 268 valence electrons. The van der Waals surface area contributed by atoms with E-state index in [1.54, 1.807) is 30.3 Å². The van der Waals surface area contributed by atoms with Crippen LogP contribution in [0.25, 0.3) is 10.9 Å². The van der Waals surface area contributed by atoms with Gasteiger partial charge in [-0.1, -0.05) is 42.5 Å². The van der Waals surface area contributed by atoms with Crippen LogP contribution in [0.15, 0.2) is 97.1 Å². The van der Waals surface area contributed by atoms with Gasteiger partial charge in [-0.3, -0.25) is 0 Å². The molecule has 4 aromatic carbocycles. The van der Waals surface area contributed by atoms with Crippen LogP contribution in [-0.4, -0.2) is 47.2 Å². The Balaban J connectivity index is 0.00000583. The lowest BCUT2D eigenvalue weighted by molar-refractivity contribution is -0.182. The predicted octanol–water partition coefficient (Wildman–Crippen LogP) is 9.30. The summed E-state index contributed by atoms with van der Waals surface area (Å²) in [5.74, 6) is -1.45. The maximum Gasteiger partial charge on any atom is 0.461 e. The molecule has 0 aliphatic rings. The van der Waals surface area contributed by atoms with E-state index in [9.17, 15) is 31.9 Å². The number of carbonyl (C=O) groups is 3. The van der Waals surface area contributed by atoms with Crippen molar-refractivity contribution in [2.45, 2.75) is 24.4 Å². The van der Waals surface area contributed by atoms with E-state index in [1.165, 1.54) is 61.5 Å². The van der Waals surface area contributed by atoms with E-state index in [0.717, 1.165) is 22.3 Å². The highest BCUT2D eigenvalue weighted by molar-refractivity contribution is 8.00. The number of fused-ring (bicyclic) bond motifs is 1. The van der Waals surface area contributed by atoms with Crippen LogP contribution in [0.4, 0.5) is 38.5 Å². The van der Waals surface area contributed by atoms with Crippen LogP contribution in [0.1, 0.15) is 32.6 Å². The van der Waals surface area contributed by atoms with Crippen molar-refractivity contribution in [3.63, 3.8) is 0 Å². The minimum atomic E-state index is -4.55. The molecule has 0 radical (unpaired) electrons. The lowest BCUT2D eigenvalue weighted by Gasteiger charge is -2.20. The zero-order valence-electron chi connectivity index (χ0n) is 27.2. The van der Waals surface area contributed by atoms with E-state index in [0.29, 0.717) is 12.1 Å². The molecule has 1 unspecified atom stereocenters. The predicted molar refractivity (Wildman–Crippen MR) is 188 cm³/mol. The maximum absolute atomic E-state index is 14.3. The summed E-state index contributed by atoms with van der Waals surface area (Å²) in [6, 6.07) is 22.8. The van der Waals surface area contributed by atoms with Crippen molar-refractivity contribution in [3.05, 3.63) is 125 Å². The van der Waals surface area contributed by atoms with Crippen molar-refractivity contribution in [3.8, 4) is 5.75 Å². The van der Waals surface area contributed by atoms with Crippen LogP contribution in [0.5, 0.6) is 5.75 Å². The number of aromatic nitrogens is 1. The Hall–Kier alpha value is -5.25. The number of nitrogens with zero attached hydrogens (tertiary/aromatic N) is 2. The quantitative estimate of drug-likeness (QED) is 0.0665. The van der Waals surface area contributed by atoms with E-state index in [-0.39, 0.29) is 63.5 Å². The molecule has 2 N–H and O–H groups in total. The fourth-order valence-corrected chi connectivity index (χ4v) is 5.66. The zero-order chi connectivity index (χ0) is 36.0. The van der Waals surface area contributed by atoms with Crippen molar-refractivity contribution in [1.82, 2.24) is 9.47 Å². The molecule has 5 aromatic rings. The van der Waals surface area contributed by atoms with Gasteiger partial charge in [-0.15, -0.1) is 12.4 Å². The first kappa shape index (κ1) is 38.6. The largest absolute Gasteiger partial charge is 0.475 e. The third-order valence-corrected chi connectivity index (χ3v) is 7.98. The van der Waals surface area contributed by atoms with E-state index in [4.69, 9.17) is 14.5 Å². The number of halogens is 5. The monoisotopic (exact) mass is 746 g/mol. The number of urea groups is 1. The Morgan fingerprint density at radius 2 is 1.55 bits per heavy atom. The van der Waals surface area contributed by atoms with E-state index >= 15 is 0 Å². The minimum Gasteiger partial charge on any atom is -0.475 e. The molecule has 16 heteroatoms. The summed E-state index contributed by atoms with van der Waals surface area (Å²) in [7, 11) is 3.81. The SMILES string of the molecule is Cc1c(NC(=O)Nc2ccc(OC(SC(F)(F)F)c3ccccc3)cc2)c2cc(F)ccc2n1C(=O)OOC(=O)c1ccc(CN(C)C)cc1.Cl. The van der Waals surface area contributed by atoms with E-state index < -0.39 is 34.9 Å². The average Bonchev–Trinajstić information content (AvgIpc) is 3.33. The molecule has 0 fully saturated rings. The van der Waals surface area contributed by atoms with Gasteiger partial charge in [0.05, 0.1) is 22.5 Å². The number of ether oxygens (including phenoxy) is 1. The van der Waals surface area contributed by atoms with Crippen LogP contribution in [0.3, 0.4) is 0 Å². The molecule has 10 nitrogen and oxygen atoms in total. The highest BCUT2D eigenvalue weighted by Crippen LogP contribution is 2.43. The third-order valence-electron chi connectivity index (χ3n) is 7.13. The van der Waals surface area contributed by atoms with Gasteiger partial charge in [0.1, 0.15) is 11.6 Å². The molecule has 0 spiro atoms. The van der Waals surface area contributed by atoms with Crippen molar-refractivity contribution >= 4 is 64.5 Å². The Morgan fingerprint density at radius 1 is 0.882 bits per heavy atom. The van der Waals surface area contributed by atoms with Crippen molar-refractivity contribution in [2.24, 2.45) is 0 Å². The number of nitrogens with one attached hydrogen (secondary N) is 2. The topological polar surface area (TPSA) is 111 Å². The van der Waals surface area contributed by atoms with Crippen LogP contribution >= 0.6 is 24.2 Å². The first-order valence-electron chi connectivity index (χ1n) is 14.9. The van der Waals surface area contributed by atoms with Gasteiger partial charge in [0.25, 0.3) is 0 Å². The molecule has 0 aliphatic heterocycles. The van der Waals surface area contributed by atoms with Crippen molar-refractivity contribution in [1.29, 1.82) is 0 Å². The summed E-state index contributed by atoms with van der Waals surface area (Å²) >= 11 is -0.311. The lowest BCUT2D eigenvalue weighted by atomic mass is 10.1. The minimum absolute atomic E-state index is 0. The Kier molecular flexibility index (Phi) is 12.6. The number of rotatable bonds is 9. The molecule has 1 aromatic heterocycles. The number of carbonyl (C=O) groups excluding carboxylic acids is 3. The highest BCUT2D eigenvalue weighted by Gasteiger charge is 2.35. The summed E-state index contributed by atoms with van der Waals surface area (Å²) in [4.78, 5) is 50.2. The third kappa shape index (κ3) is 10.2. The average molecular weight is 747 g/mol. The van der Waals surface area contributed by atoms with Gasteiger partial charge in [0, 0.05) is 23.2 Å². The first-order chi connectivity index (χ1) is 23.8. The van der Waals surface area contributed by atoms with Gasteiger partial charge in [-0.2, -0.15) is 13.2 Å². The standard InChI is InChI=1S/C35H30F4N4O6S.ClH/c1-21-30(41-33(45)40-26-14-16-27(17-15-26)47-32(50-35(37,38)39)24-7-5-4-6-8-24)28-19-25(36)13-18-29(28)43(21)34(46)49-48-31(44)23-11-9-22(10-12-23)20-42(2)3;/h4-19,32H,20H2,1-3H3,(H2,40,41,45);1H. The summed E-state index contributed by atoms with van der Waals surface area (Å²) < 4.78 is 60.6. The number of alkyl halides is 3. The normalized spacial score (nSPS) is 11.8. The van der Waals surface area contributed by atoms with Gasteiger partial charge >= 0.3 is 23.6 Å². The first-order valence-corrected chi connectivity index (χ1v) is 15.8. The number of amides is 2. The summed E-state index contributed by atoms with van der Waals surface area (Å²) in [5.41, 5.74) is -3.90. The Morgan fingerprint density at radius 3 is 2.18 bits per heavy atom. The van der Waals surface area contributed by atoms with Gasteiger partial charge < -0.3 is 20.3 Å². The van der Waals surface area contributed by atoms with Gasteiger partial charge in [0.15, 0.2) is 5.44 Å². The molecule has 1 heterocycles. The summed E-state index contributed by atoms with van der Waals surface area (Å²) in [6.45, 7) is 2.12. The molecule has 0 saturated carbocycles. The van der Waals surface area contributed by atoms with Crippen molar-refractivity contribution in [2.75, 3.05) is 24.7 Å². The molecular formula is C35H31ClF4N4O6S. The number of hydrogen-bond acceptors (Lipinski definition) is 8. The number of benzene rings is 4. The van der Waals surface area contributed by atoms with E-state index in [1.807, 2.05) is 19.0 Å². The molecule has 51 heavy (non-hydrogen) atoms. The molecule has 0 bridgehead atoms. The molecule has 0 aliphatic carbocycles. The molecule has 1 atom stereocenters. The van der Waals surface area contributed by atoms with Gasteiger partial charge in [-0.25, -0.2) is 33.1 Å². The summed E-state index contributed by atoms with van der Waals surface area (Å²) in [6.07, 6.45) is -1.13. The fraction of sp³-hybridized carbons (Fsp3) is 0.171. The second-order valence-electron chi connectivity index (χ2n) is 11.1. The number of anilines is 2. The van der Waals surface area contributed by atoms with Crippen LogP contribution in [0.2, 0.25) is 0 Å².